The van der Waals surface area contributed by atoms with Crippen LogP contribution in [0.2, 0.25) is 0 Å². The first-order valence-electron chi connectivity index (χ1n) is 4.37. The zero-order chi connectivity index (χ0) is 9.68. The first-order valence-corrected chi connectivity index (χ1v) is 4.37. The van der Waals surface area contributed by atoms with E-state index in [-0.39, 0.29) is 6.10 Å². The summed E-state index contributed by atoms with van der Waals surface area (Å²) in [4.78, 5) is 4.16. The molecule has 1 aromatic heterocycles. The van der Waals surface area contributed by atoms with Gasteiger partial charge in [0, 0.05) is 33.0 Å². The lowest BCUT2D eigenvalue weighted by Crippen LogP contribution is -2.15. The number of aryl methyl sites for hydroxylation is 2. The van der Waals surface area contributed by atoms with Crippen LogP contribution in [0.3, 0.4) is 0 Å². The van der Waals surface area contributed by atoms with Gasteiger partial charge < -0.3 is 14.4 Å². The lowest BCUT2D eigenvalue weighted by atomic mass is 10.2. The molecule has 4 nitrogen and oxygen atoms in total. The van der Waals surface area contributed by atoms with E-state index in [0.29, 0.717) is 13.0 Å². The molecule has 0 fully saturated rings. The van der Waals surface area contributed by atoms with Crippen molar-refractivity contribution >= 4 is 0 Å². The van der Waals surface area contributed by atoms with Crippen molar-refractivity contribution in [1.82, 2.24) is 9.55 Å². The molecule has 13 heavy (non-hydrogen) atoms. The first-order chi connectivity index (χ1) is 6.24. The van der Waals surface area contributed by atoms with Gasteiger partial charge in [0.15, 0.2) is 0 Å². The highest BCUT2D eigenvalue weighted by atomic mass is 16.5. The molecule has 1 aromatic rings. The number of rotatable bonds is 5. The minimum Gasteiger partial charge on any atom is -0.391 e. The molecule has 1 N–H and O–H groups in total. The summed E-state index contributed by atoms with van der Waals surface area (Å²) in [5.74, 6) is 0.996. The lowest BCUT2D eigenvalue weighted by Gasteiger charge is -2.08. The zero-order valence-electron chi connectivity index (χ0n) is 8.10. The summed E-state index contributed by atoms with van der Waals surface area (Å²) in [6, 6.07) is 0. The number of imidazole rings is 1. The van der Waals surface area contributed by atoms with Crippen molar-refractivity contribution in [2.45, 2.75) is 18.9 Å². The molecular weight excluding hydrogens is 168 g/mol. The van der Waals surface area contributed by atoms with Crippen LogP contribution in [0.4, 0.5) is 0 Å². The average molecular weight is 184 g/mol. The predicted molar refractivity (Wildman–Crippen MR) is 49.4 cm³/mol. The van der Waals surface area contributed by atoms with Gasteiger partial charge in [-0.05, 0) is 6.42 Å². The second-order valence-electron chi connectivity index (χ2n) is 3.10. The average Bonchev–Trinajstić information content (AvgIpc) is 2.48. The molecule has 0 saturated heterocycles. The topological polar surface area (TPSA) is 47.3 Å². The molecule has 0 amide bonds. The van der Waals surface area contributed by atoms with Crippen molar-refractivity contribution < 1.29 is 9.84 Å². The van der Waals surface area contributed by atoms with Gasteiger partial charge in [-0.2, -0.15) is 0 Å². The highest BCUT2D eigenvalue weighted by Gasteiger charge is 2.05. The standard InChI is InChI=1S/C9H16N2O2/c1-11-6-5-10-9(11)4-3-8(12)7-13-2/h5-6,8,12H,3-4,7H2,1-2H3. The molecule has 1 unspecified atom stereocenters. The predicted octanol–water partition coefficient (Wildman–Crippen LogP) is 0.360. The van der Waals surface area contributed by atoms with Crippen LogP contribution >= 0.6 is 0 Å². The van der Waals surface area contributed by atoms with Crippen LogP contribution in [-0.2, 0) is 18.2 Å². The number of aliphatic hydroxyl groups excluding tert-OH is 1. The van der Waals surface area contributed by atoms with Gasteiger partial charge in [0.1, 0.15) is 5.82 Å². The Morgan fingerprint density at radius 1 is 1.69 bits per heavy atom. The molecule has 0 aliphatic rings. The molecule has 4 heteroatoms. The highest BCUT2D eigenvalue weighted by molar-refractivity contribution is 4.91. The maximum atomic E-state index is 9.38. The number of aliphatic hydroxyl groups is 1. The van der Waals surface area contributed by atoms with E-state index in [2.05, 4.69) is 4.98 Å². The van der Waals surface area contributed by atoms with E-state index in [4.69, 9.17) is 4.74 Å². The minimum absolute atomic E-state index is 0.387. The van der Waals surface area contributed by atoms with Crippen LogP contribution < -0.4 is 0 Å². The van der Waals surface area contributed by atoms with Crippen LogP contribution in [0.1, 0.15) is 12.2 Å². The molecule has 1 atom stereocenters. The van der Waals surface area contributed by atoms with Gasteiger partial charge in [-0.1, -0.05) is 0 Å². The molecule has 74 valence electrons. The normalized spacial score (nSPS) is 13.2. The van der Waals surface area contributed by atoms with Crippen molar-refractivity contribution in [2.75, 3.05) is 13.7 Å². The SMILES string of the molecule is COCC(O)CCc1nccn1C. The third-order valence-electron chi connectivity index (χ3n) is 1.98. The fourth-order valence-corrected chi connectivity index (χ4v) is 1.21. The van der Waals surface area contributed by atoms with Crippen molar-refractivity contribution in [2.24, 2.45) is 7.05 Å². The summed E-state index contributed by atoms with van der Waals surface area (Å²) in [5, 5.41) is 9.38. The molecule has 0 bridgehead atoms. The lowest BCUT2D eigenvalue weighted by molar-refractivity contribution is 0.0591. The van der Waals surface area contributed by atoms with E-state index in [0.717, 1.165) is 12.2 Å². The van der Waals surface area contributed by atoms with Crippen molar-refractivity contribution in [1.29, 1.82) is 0 Å². The Bertz CT molecular complexity index is 248. The Morgan fingerprint density at radius 3 is 3.00 bits per heavy atom. The summed E-state index contributed by atoms with van der Waals surface area (Å²) < 4.78 is 6.78. The van der Waals surface area contributed by atoms with Gasteiger partial charge in [-0.3, -0.25) is 0 Å². The van der Waals surface area contributed by atoms with E-state index in [1.54, 1.807) is 13.3 Å². The van der Waals surface area contributed by atoms with Gasteiger partial charge in [0.2, 0.25) is 0 Å². The Morgan fingerprint density at radius 2 is 2.46 bits per heavy atom. The Kier molecular flexibility index (Phi) is 3.92. The quantitative estimate of drug-likeness (QED) is 0.718. The van der Waals surface area contributed by atoms with E-state index in [1.165, 1.54) is 0 Å². The van der Waals surface area contributed by atoms with Gasteiger partial charge in [0.05, 0.1) is 12.7 Å². The van der Waals surface area contributed by atoms with Crippen LogP contribution in [0, 0.1) is 0 Å². The second-order valence-corrected chi connectivity index (χ2v) is 3.10. The highest BCUT2D eigenvalue weighted by Crippen LogP contribution is 2.02. The Labute approximate surface area is 78.2 Å². The van der Waals surface area contributed by atoms with E-state index >= 15 is 0 Å². The van der Waals surface area contributed by atoms with E-state index < -0.39 is 0 Å². The summed E-state index contributed by atoms with van der Waals surface area (Å²) in [6.07, 6.45) is 4.75. The van der Waals surface area contributed by atoms with Crippen molar-refractivity contribution in [3.8, 4) is 0 Å². The van der Waals surface area contributed by atoms with Gasteiger partial charge >= 0.3 is 0 Å². The number of hydrogen-bond acceptors (Lipinski definition) is 3. The molecule has 0 aromatic carbocycles. The van der Waals surface area contributed by atoms with E-state index in [1.807, 2.05) is 17.8 Å². The van der Waals surface area contributed by atoms with Gasteiger partial charge in [-0.15, -0.1) is 0 Å². The molecule has 0 radical (unpaired) electrons. The van der Waals surface area contributed by atoms with Gasteiger partial charge in [0.25, 0.3) is 0 Å². The zero-order valence-corrected chi connectivity index (χ0v) is 8.10. The number of nitrogens with zero attached hydrogens (tertiary/aromatic N) is 2. The van der Waals surface area contributed by atoms with Crippen molar-refractivity contribution in [3.63, 3.8) is 0 Å². The second kappa shape index (κ2) is 4.99. The molecule has 1 heterocycles. The summed E-state index contributed by atoms with van der Waals surface area (Å²) >= 11 is 0. The van der Waals surface area contributed by atoms with Crippen LogP contribution in [0.15, 0.2) is 12.4 Å². The fourth-order valence-electron chi connectivity index (χ4n) is 1.21. The van der Waals surface area contributed by atoms with Crippen LogP contribution in [0.25, 0.3) is 0 Å². The van der Waals surface area contributed by atoms with Crippen LogP contribution in [0.5, 0.6) is 0 Å². The number of methoxy groups -OCH3 is 1. The number of hydrogen-bond donors (Lipinski definition) is 1. The summed E-state index contributed by atoms with van der Waals surface area (Å²) in [5.41, 5.74) is 0. The molecular formula is C9H16N2O2. The van der Waals surface area contributed by atoms with E-state index in [9.17, 15) is 5.11 Å². The maximum absolute atomic E-state index is 9.38. The maximum Gasteiger partial charge on any atom is 0.108 e. The van der Waals surface area contributed by atoms with Crippen molar-refractivity contribution in [3.05, 3.63) is 18.2 Å². The smallest absolute Gasteiger partial charge is 0.108 e. The first kappa shape index (κ1) is 10.2. The van der Waals surface area contributed by atoms with Gasteiger partial charge in [-0.25, -0.2) is 4.98 Å². The monoisotopic (exact) mass is 184 g/mol. The third kappa shape index (κ3) is 3.16. The number of ether oxygens (including phenoxy) is 1. The summed E-state index contributed by atoms with van der Waals surface area (Å²) in [7, 11) is 3.54. The molecule has 0 saturated carbocycles. The molecule has 0 aliphatic carbocycles. The van der Waals surface area contributed by atoms with Crippen LogP contribution in [-0.4, -0.2) is 34.5 Å². The fraction of sp³-hybridized carbons (Fsp3) is 0.667. The Hall–Kier alpha value is -0.870. The summed E-state index contributed by atoms with van der Waals surface area (Å²) in [6.45, 7) is 0.393. The Balaban J connectivity index is 2.30. The largest absolute Gasteiger partial charge is 0.391 e. The molecule has 0 aliphatic heterocycles. The number of aromatic nitrogens is 2. The molecule has 1 rings (SSSR count). The third-order valence-corrected chi connectivity index (χ3v) is 1.98. The molecule has 0 spiro atoms. The minimum atomic E-state index is -0.387.